The number of aromatic nitrogens is 1. The van der Waals surface area contributed by atoms with Gasteiger partial charge in [0.1, 0.15) is 5.75 Å². The standard InChI is InChI=1S/C20H18BrClN2O2/c1-12-8-13(21)9-16(22)20(12)26-11-19(25)24-7-6-18-15(10-24)14-4-2-3-5-17(14)23-18/h2-5,8-9,23H,6-7,10-11H2,1H3. The highest BCUT2D eigenvalue weighted by Crippen LogP contribution is 2.32. The summed E-state index contributed by atoms with van der Waals surface area (Å²) in [6, 6.07) is 11.9. The number of aryl methyl sites for hydroxylation is 1. The number of carbonyl (C=O) groups is 1. The van der Waals surface area contributed by atoms with Crippen molar-refractivity contribution in [2.75, 3.05) is 13.2 Å². The minimum absolute atomic E-state index is 0.0140. The third-order valence-electron chi connectivity index (χ3n) is 4.77. The summed E-state index contributed by atoms with van der Waals surface area (Å²) in [7, 11) is 0. The molecule has 6 heteroatoms. The van der Waals surface area contributed by atoms with Crippen LogP contribution in [0.3, 0.4) is 0 Å². The first kappa shape index (κ1) is 17.4. The van der Waals surface area contributed by atoms with Crippen LogP contribution >= 0.6 is 27.5 Å². The minimum Gasteiger partial charge on any atom is -0.482 e. The van der Waals surface area contributed by atoms with Crippen molar-refractivity contribution in [1.82, 2.24) is 9.88 Å². The Labute approximate surface area is 165 Å². The molecule has 3 aromatic rings. The third kappa shape index (κ3) is 3.21. The van der Waals surface area contributed by atoms with Crippen LogP contribution in [0.15, 0.2) is 40.9 Å². The molecule has 4 nitrogen and oxygen atoms in total. The van der Waals surface area contributed by atoms with Gasteiger partial charge in [0.2, 0.25) is 0 Å². The number of amides is 1. The van der Waals surface area contributed by atoms with Crippen molar-refractivity contribution in [2.24, 2.45) is 0 Å². The maximum Gasteiger partial charge on any atom is 0.260 e. The van der Waals surface area contributed by atoms with E-state index in [9.17, 15) is 4.79 Å². The summed E-state index contributed by atoms with van der Waals surface area (Å²) in [5.41, 5.74) is 4.45. The zero-order valence-corrected chi connectivity index (χ0v) is 16.7. The van der Waals surface area contributed by atoms with Crippen LogP contribution in [-0.2, 0) is 17.8 Å². The number of para-hydroxylation sites is 1. The van der Waals surface area contributed by atoms with Crippen LogP contribution in [-0.4, -0.2) is 28.9 Å². The Morgan fingerprint density at radius 3 is 2.96 bits per heavy atom. The maximum absolute atomic E-state index is 12.7. The van der Waals surface area contributed by atoms with Crippen LogP contribution in [0.1, 0.15) is 16.8 Å². The van der Waals surface area contributed by atoms with E-state index in [2.05, 4.69) is 33.0 Å². The Kier molecular flexibility index (Phi) is 4.67. The summed E-state index contributed by atoms with van der Waals surface area (Å²) in [4.78, 5) is 18.0. The molecular formula is C20H18BrClN2O2. The molecule has 1 amide bonds. The summed E-state index contributed by atoms with van der Waals surface area (Å²) in [5.74, 6) is 0.535. The van der Waals surface area contributed by atoms with E-state index in [-0.39, 0.29) is 12.5 Å². The lowest BCUT2D eigenvalue weighted by molar-refractivity contribution is -0.134. The molecule has 1 aliphatic rings. The van der Waals surface area contributed by atoms with Crippen LogP contribution in [0.25, 0.3) is 10.9 Å². The first-order chi connectivity index (χ1) is 12.5. The molecule has 0 spiro atoms. The number of hydrogen-bond acceptors (Lipinski definition) is 2. The van der Waals surface area contributed by atoms with Gasteiger partial charge in [0.15, 0.2) is 6.61 Å². The molecule has 2 aromatic carbocycles. The van der Waals surface area contributed by atoms with E-state index in [0.29, 0.717) is 23.9 Å². The summed E-state index contributed by atoms with van der Waals surface area (Å²) in [6.07, 6.45) is 0.827. The minimum atomic E-state index is -0.0284. The van der Waals surface area contributed by atoms with E-state index in [1.807, 2.05) is 30.0 Å². The van der Waals surface area contributed by atoms with Crippen LogP contribution in [0.4, 0.5) is 0 Å². The monoisotopic (exact) mass is 432 g/mol. The number of hydrogen-bond donors (Lipinski definition) is 1. The van der Waals surface area contributed by atoms with Crippen molar-refractivity contribution >= 4 is 44.3 Å². The maximum atomic E-state index is 12.7. The number of fused-ring (bicyclic) bond motifs is 3. The number of ether oxygens (including phenoxy) is 1. The molecule has 0 radical (unpaired) electrons. The number of rotatable bonds is 3. The van der Waals surface area contributed by atoms with Gasteiger partial charge >= 0.3 is 0 Å². The third-order valence-corrected chi connectivity index (χ3v) is 5.51. The number of H-pyrrole nitrogens is 1. The molecule has 0 bridgehead atoms. The van der Waals surface area contributed by atoms with Crippen molar-refractivity contribution < 1.29 is 9.53 Å². The van der Waals surface area contributed by atoms with Crippen molar-refractivity contribution in [3.63, 3.8) is 0 Å². The molecule has 0 saturated carbocycles. The molecule has 26 heavy (non-hydrogen) atoms. The molecule has 0 aliphatic carbocycles. The molecule has 0 saturated heterocycles. The zero-order chi connectivity index (χ0) is 18.3. The fraction of sp³-hybridized carbons (Fsp3) is 0.250. The van der Waals surface area contributed by atoms with Crippen molar-refractivity contribution in [2.45, 2.75) is 19.9 Å². The average molecular weight is 434 g/mol. The quantitative estimate of drug-likeness (QED) is 0.641. The van der Waals surface area contributed by atoms with Gasteiger partial charge in [-0.25, -0.2) is 0 Å². The molecule has 1 aliphatic heterocycles. The molecule has 0 unspecified atom stereocenters. The van der Waals surface area contributed by atoms with Gasteiger partial charge in [-0.05, 0) is 30.7 Å². The normalized spacial score (nSPS) is 13.7. The topological polar surface area (TPSA) is 45.3 Å². The summed E-state index contributed by atoms with van der Waals surface area (Å²) >= 11 is 9.64. The Bertz CT molecular complexity index is 976. The van der Waals surface area contributed by atoms with E-state index >= 15 is 0 Å². The first-order valence-corrected chi connectivity index (χ1v) is 9.64. The molecule has 1 N–H and O–H groups in total. The van der Waals surface area contributed by atoms with Gasteiger partial charge in [0.25, 0.3) is 5.91 Å². The lowest BCUT2D eigenvalue weighted by atomic mass is 10.0. The average Bonchev–Trinajstić information content (AvgIpc) is 2.98. The smallest absolute Gasteiger partial charge is 0.260 e. The number of carbonyl (C=O) groups excluding carboxylic acids is 1. The fourth-order valence-electron chi connectivity index (χ4n) is 3.48. The van der Waals surface area contributed by atoms with Gasteiger partial charge < -0.3 is 14.6 Å². The molecule has 0 fully saturated rings. The second-order valence-corrected chi connectivity index (χ2v) is 7.84. The van der Waals surface area contributed by atoms with E-state index in [1.165, 1.54) is 16.6 Å². The van der Waals surface area contributed by atoms with Gasteiger partial charge in [-0.15, -0.1) is 0 Å². The molecule has 2 heterocycles. The van der Waals surface area contributed by atoms with Crippen molar-refractivity contribution in [3.05, 3.63) is 62.7 Å². The number of aromatic amines is 1. The predicted molar refractivity (Wildman–Crippen MR) is 107 cm³/mol. The van der Waals surface area contributed by atoms with Gasteiger partial charge in [-0.1, -0.05) is 45.7 Å². The van der Waals surface area contributed by atoms with Crippen molar-refractivity contribution in [3.8, 4) is 5.75 Å². The Morgan fingerprint density at radius 1 is 1.35 bits per heavy atom. The lowest BCUT2D eigenvalue weighted by Crippen LogP contribution is -2.38. The van der Waals surface area contributed by atoms with Crippen LogP contribution in [0.2, 0.25) is 5.02 Å². The first-order valence-electron chi connectivity index (χ1n) is 8.47. The molecule has 0 atom stereocenters. The highest BCUT2D eigenvalue weighted by Gasteiger charge is 2.24. The number of nitrogens with one attached hydrogen (secondary N) is 1. The van der Waals surface area contributed by atoms with Gasteiger partial charge in [-0.3, -0.25) is 4.79 Å². The molecule has 1 aromatic heterocycles. The number of nitrogens with zero attached hydrogens (tertiary/aromatic N) is 1. The van der Waals surface area contributed by atoms with Crippen LogP contribution in [0.5, 0.6) is 5.75 Å². The second-order valence-electron chi connectivity index (χ2n) is 6.52. The number of benzene rings is 2. The van der Waals surface area contributed by atoms with E-state index in [0.717, 1.165) is 22.0 Å². The number of halogens is 2. The summed E-state index contributed by atoms with van der Waals surface area (Å²) in [5, 5.41) is 1.69. The van der Waals surface area contributed by atoms with Crippen LogP contribution < -0.4 is 4.74 Å². The highest BCUT2D eigenvalue weighted by atomic mass is 79.9. The summed E-state index contributed by atoms with van der Waals surface area (Å²) < 4.78 is 6.63. The molecule has 134 valence electrons. The van der Waals surface area contributed by atoms with E-state index in [4.69, 9.17) is 16.3 Å². The Hall–Kier alpha value is -1.98. The SMILES string of the molecule is Cc1cc(Br)cc(Cl)c1OCC(=O)N1CCc2[nH]c3ccccc3c2C1. The van der Waals surface area contributed by atoms with Gasteiger partial charge in [0.05, 0.1) is 5.02 Å². The van der Waals surface area contributed by atoms with Crippen LogP contribution in [0, 0.1) is 6.92 Å². The van der Waals surface area contributed by atoms with Crippen molar-refractivity contribution in [1.29, 1.82) is 0 Å². The summed E-state index contributed by atoms with van der Waals surface area (Å²) in [6.45, 7) is 3.19. The molecule has 4 rings (SSSR count). The lowest BCUT2D eigenvalue weighted by Gasteiger charge is -2.27. The molecular weight excluding hydrogens is 416 g/mol. The predicted octanol–water partition coefficient (Wildman–Crippen LogP) is 4.86. The largest absolute Gasteiger partial charge is 0.482 e. The van der Waals surface area contributed by atoms with E-state index in [1.54, 1.807) is 6.07 Å². The Morgan fingerprint density at radius 2 is 2.15 bits per heavy atom. The van der Waals surface area contributed by atoms with Gasteiger partial charge in [0, 0.05) is 46.1 Å². The zero-order valence-electron chi connectivity index (χ0n) is 14.3. The highest BCUT2D eigenvalue weighted by molar-refractivity contribution is 9.10. The van der Waals surface area contributed by atoms with E-state index < -0.39 is 0 Å². The van der Waals surface area contributed by atoms with Gasteiger partial charge in [-0.2, -0.15) is 0 Å². The second kappa shape index (κ2) is 6.97. The fourth-order valence-corrected chi connectivity index (χ4v) is 4.50. The Balaban J connectivity index is 1.48.